The number of nitrogens with one attached hydrogen (secondary N) is 2. The molecule has 0 aliphatic heterocycles. The lowest BCUT2D eigenvalue weighted by Crippen LogP contribution is -2.17. The molecule has 36 heavy (non-hydrogen) atoms. The molecule has 0 radical (unpaired) electrons. The van der Waals surface area contributed by atoms with E-state index >= 15 is 0 Å². The monoisotopic (exact) mass is 487 g/mol. The summed E-state index contributed by atoms with van der Waals surface area (Å²) < 4.78 is 8.56. The maximum absolute atomic E-state index is 11.6. The molecule has 0 aliphatic carbocycles. The fourth-order valence-electron chi connectivity index (χ4n) is 4.32. The molecule has 1 unspecified atom stereocenters. The number of hydrogen-bond acceptors (Lipinski definition) is 7. The van der Waals surface area contributed by atoms with E-state index in [9.17, 15) is 4.79 Å². The number of amides is 1. The van der Waals surface area contributed by atoms with Gasteiger partial charge in [-0.3, -0.25) is 4.79 Å². The van der Waals surface area contributed by atoms with Crippen LogP contribution in [0.5, 0.6) is 5.75 Å². The number of carbonyl (C=O) groups is 1. The molecule has 2 heterocycles. The van der Waals surface area contributed by atoms with Crippen LogP contribution in [-0.2, 0) is 4.79 Å². The van der Waals surface area contributed by atoms with Crippen LogP contribution >= 0.6 is 0 Å². The Hall–Kier alpha value is -3.98. The number of rotatable bonds is 9. The van der Waals surface area contributed by atoms with E-state index in [1.54, 1.807) is 0 Å². The van der Waals surface area contributed by atoms with Gasteiger partial charge in [-0.25, -0.2) is 4.68 Å². The lowest BCUT2D eigenvalue weighted by Gasteiger charge is -2.22. The lowest BCUT2D eigenvalue weighted by molar-refractivity contribution is -0.114. The fourth-order valence-corrected chi connectivity index (χ4v) is 4.32. The highest BCUT2D eigenvalue weighted by molar-refractivity contribution is 5.92. The third-order valence-corrected chi connectivity index (χ3v) is 6.01. The number of anilines is 2. The van der Waals surface area contributed by atoms with Gasteiger partial charge < -0.3 is 20.3 Å². The van der Waals surface area contributed by atoms with Gasteiger partial charge in [0.25, 0.3) is 0 Å². The van der Waals surface area contributed by atoms with Gasteiger partial charge in [-0.2, -0.15) is 10.2 Å². The van der Waals surface area contributed by atoms with Crippen molar-refractivity contribution < 1.29 is 9.53 Å². The standard InChI is InChI=1S/C27H33N7O2/c1-17-25-18(2)34(32-26(25)27(31-30-17)33(5)6)22-12-7-8-13-24(22)36-23(14-15-28-4)20-10-9-11-21(16-20)29-19(3)35/h7-13,16,23,28H,14-15H2,1-6H3,(H,29,35). The summed E-state index contributed by atoms with van der Waals surface area (Å²) in [6, 6.07) is 15.7. The molecular weight excluding hydrogens is 454 g/mol. The van der Waals surface area contributed by atoms with E-state index in [2.05, 4.69) is 20.8 Å². The van der Waals surface area contributed by atoms with Gasteiger partial charge in [0.2, 0.25) is 5.91 Å². The second-order valence-corrected chi connectivity index (χ2v) is 9.00. The highest BCUT2D eigenvalue weighted by Gasteiger charge is 2.21. The number of aromatic nitrogens is 4. The SMILES string of the molecule is CNCCC(Oc1ccccc1-n1nc2c(N(C)C)nnc(C)c2c1C)c1cccc(NC(C)=O)c1. The van der Waals surface area contributed by atoms with Crippen molar-refractivity contribution >= 4 is 28.3 Å². The quantitative estimate of drug-likeness (QED) is 0.365. The molecule has 0 fully saturated rings. The molecule has 0 saturated carbocycles. The number of ether oxygens (including phenoxy) is 1. The third kappa shape index (κ3) is 5.16. The number of fused-ring (bicyclic) bond motifs is 1. The highest BCUT2D eigenvalue weighted by atomic mass is 16.5. The maximum atomic E-state index is 11.6. The van der Waals surface area contributed by atoms with Crippen LogP contribution in [0.3, 0.4) is 0 Å². The Morgan fingerprint density at radius 2 is 1.89 bits per heavy atom. The summed E-state index contributed by atoms with van der Waals surface area (Å²) in [6.07, 6.45) is 0.506. The minimum atomic E-state index is -0.236. The van der Waals surface area contributed by atoms with Gasteiger partial charge >= 0.3 is 0 Å². The zero-order chi connectivity index (χ0) is 25.8. The van der Waals surface area contributed by atoms with E-state index in [1.165, 1.54) is 6.92 Å². The molecule has 2 aromatic carbocycles. The van der Waals surface area contributed by atoms with Gasteiger partial charge in [0.15, 0.2) is 5.82 Å². The third-order valence-electron chi connectivity index (χ3n) is 6.01. The van der Waals surface area contributed by atoms with Crippen molar-refractivity contribution in [3.63, 3.8) is 0 Å². The van der Waals surface area contributed by atoms with Crippen molar-refractivity contribution in [2.45, 2.75) is 33.3 Å². The van der Waals surface area contributed by atoms with Gasteiger partial charge in [-0.05, 0) is 57.3 Å². The van der Waals surface area contributed by atoms with E-state index in [4.69, 9.17) is 9.84 Å². The Kier molecular flexibility index (Phi) is 7.49. The predicted molar refractivity (Wildman–Crippen MR) is 143 cm³/mol. The van der Waals surface area contributed by atoms with E-state index in [0.717, 1.165) is 58.0 Å². The van der Waals surface area contributed by atoms with Crippen molar-refractivity contribution in [1.82, 2.24) is 25.3 Å². The minimum absolute atomic E-state index is 0.109. The maximum Gasteiger partial charge on any atom is 0.221 e. The minimum Gasteiger partial charge on any atom is -0.483 e. The van der Waals surface area contributed by atoms with Crippen LogP contribution in [0.25, 0.3) is 16.6 Å². The molecule has 4 rings (SSSR count). The van der Waals surface area contributed by atoms with Crippen LogP contribution in [0.4, 0.5) is 11.5 Å². The summed E-state index contributed by atoms with van der Waals surface area (Å²) in [6.45, 7) is 6.26. The normalized spacial score (nSPS) is 11.9. The smallest absolute Gasteiger partial charge is 0.221 e. The molecule has 9 nitrogen and oxygen atoms in total. The second kappa shape index (κ2) is 10.7. The molecule has 9 heteroatoms. The molecule has 2 N–H and O–H groups in total. The van der Waals surface area contributed by atoms with Gasteiger partial charge in [0, 0.05) is 33.1 Å². The Balaban J connectivity index is 1.77. The molecule has 1 atom stereocenters. The fraction of sp³-hybridized carbons (Fsp3) is 0.333. The number of carbonyl (C=O) groups excluding carboxylic acids is 1. The van der Waals surface area contributed by atoms with Gasteiger partial charge in [0.05, 0.1) is 16.8 Å². The molecule has 0 bridgehead atoms. The van der Waals surface area contributed by atoms with Gasteiger partial charge in [0.1, 0.15) is 23.1 Å². The summed E-state index contributed by atoms with van der Waals surface area (Å²) >= 11 is 0. The molecular formula is C27H33N7O2. The van der Waals surface area contributed by atoms with Crippen LogP contribution < -0.4 is 20.3 Å². The largest absolute Gasteiger partial charge is 0.483 e. The molecule has 2 aromatic heterocycles. The summed E-state index contributed by atoms with van der Waals surface area (Å²) in [4.78, 5) is 13.5. The Morgan fingerprint density at radius 1 is 1.11 bits per heavy atom. The first-order chi connectivity index (χ1) is 17.3. The molecule has 188 valence electrons. The number of benzene rings is 2. The Labute approximate surface area is 211 Å². The molecule has 0 saturated heterocycles. The topological polar surface area (TPSA) is 97.2 Å². The van der Waals surface area contributed by atoms with Gasteiger partial charge in [-0.15, -0.1) is 5.10 Å². The zero-order valence-corrected chi connectivity index (χ0v) is 21.7. The van der Waals surface area contributed by atoms with Crippen LogP contribution in [0.15, 0.2) is 48.5 Å². The summed E-state index contributed by atoms with van der Waals surface area (Å²) in [7, 11) is 5.79. The van der Waals surface area contributed by atoms with Crippen LogP contribution in [-0.4, -0.2) is 53.6 Å². The van der Waals surface area contributed by atoms with E-state index < -0.39 is 0 Å². The van der Waals surface area contributed by atoms with Crippen LogP contribution in [0.1, 0.15) is 36.4 Å². The average Bonchev–Trinajstić information content (AvgIpc) is 3.19. The number of para-hydroxylation sites is 2. The zero-order valence-electron chi connectivity index (χ0n) is 21.7. The first-order valence-corrected chi connectivity index (χ1v) is 12.0. The van der Waals surface area contributed by atoms with Gasteiger partial charge in [-0.1, -0.05) is 24.3 Å². The van der Waals surface area contributed by atoms with Crippen molar-refractivity contribution in [3.8, 4) is 11.4 Å². The Bertz CT molecular complexity index is 1380. The summed E-state index contributed by atoms with van der Waals surface area (Å²) in [5.41, 5.74) is 5.16. The van der Waals surface area contributed by atoms with Crippen molar-refractivity contribution in [2.75, 3.05) is 37.9 Å². The van der Waals surface area contributed by atoms with Crippen molar-refractivity contribution in [2.24, 2.45) is 0 Å². The van der Waals surface area contributed by atoms with E-state index in [-0.39, 0.29) is 12.0 Å². The molecule has 1 amide bonds. The number of aryl methyl sites for hydroxylation is 2. The average molecular weight is 488 g/mol. The summed E-state index contributed by atoms with van der Waals surface area (Å²) in [5, 5.41) is 20.7. The van der Waals surface area contributed by atoms with E-state index in [0.29, 0.717) is 5.75 Å². The van der Waals surface area contributed by atoms with Crippen molar-refractivity contribution in [3.05, 3.63) is 65.5 Å². The van der Waals surface area contributed by atoms with E-state index in [1.807, 2.05) is 93.1 Å². The Morgan fingerprint density at radius 3 is 2.61 bits per heavy atom. The molecule has 0 spiro atoms. The second-order valence-electron chi connectivity index (χ2n) is 9.00. The van der Waals surface area contributed by atoms with Crippen LogP contribution in [0, 0.1) is 13.8 Å². The predicted octanol–water partition coefficient (Wildman–Crippen LogP) is 4.19. The first kappa shape index (κ1) is 25.1. The number of nitrogens with zero attached hydrogens (tertiary/aromatic N) is 5. The van der Waals surface area contributed by atoms with Crippen LogP contribution in [0.2, 0.25) is 0 Å². The summed E-state index contributed by atoms with van der Waals surface area (Å²) in [5.74, 6) is 1.32. The first-order valence-electron chi connectivity index (χ1n) is 12.0. The lowest BCUT2D eigenvalue weighted by atomic mass is 10.1. The molecule has 4 aromatic rings. The van der Waals surface area contributed by atoms with Crippen molar-refractivity contribution in [1.29, 1.82) is 0 Å². The molecule has 0 aliphatic rings. The highest BCUT2D eigenvalue weighted by Crippen LogP contribution is 2.34. The number of hydrogen-bond donors (Lipinski definition) is 2.